The molecule has 0 aromatic rings. The number of piperidine rings is 1. The highest BCUT2D eigenvalue weighted by atomic mass is 15.2. The average molecular weight is 167 g/mol. The number of likely N-dealkylation sites (tertiary alicyclic amines) is 1. The van der Waals surface area contributed by atoms with Gasteiger partial charge < -0.3 is 9.80 Å². The van der Waals surface area contributed by atoms with E-state index in [1.165, 1.54) is 0 Å². The molecule has 0 unspecified atom stereocenters. The van der Waals surface area contributed by atoms with Gasteiger partial charge in [-0.2, -0.15) is 5.26 Å². The highest BCUT2D eigenvalue weighted by Gasteiger charge is 2.20. The van der Waals surface area contributed by atoms with Crippen LogP contribution in [-0.4, -0.2) is 42.5 Å². The second-order valence-electron chi connectivity index (χ2n) is 3.38. The van der Waals surface area contributed by atoms with Gasteiger partial charge in [0.25, 0.3) is 0 Å². The van der Waals surface area contributed by atoms with Crippen molar-refractivity contribution in [1.82, 2.24) is 9.80 Å². The molecule has 1 aliphatic rings. The Morgan fingerprint density at radius 1 is 1.50 bits per heavy atom. The third kappa shape index (κ3) is 2.12. The Labute approximate surface area is 74.6 Å². The summed E-state index contributed by atoms with van der Waals surface area (Å²) in [6.07, 6.45) is 4.46. The third-order valence-electron chi connectivity index (χ3n) is 2.71. The summed E-state index contributed by atoms with van der Waals surface area (Å²) in [7, 11) is 1.88. The summed E-state index contributed by atoms with van der Waals surface area (Å²) >= 11 is 0. The topological polar surface area (TPSA) is 30.3 Å². The molecule has 1 heterocycles. The smallest absolute Gasteiger partial charge is 0.179 e. The lowest BCUT2D eigenvalue weighted by molar-refractivity contribution is 0.165. The number of hydrogen-bond acceptors (Lipinski definition) is 3. The second-order valence-corrected chi connectivity index (χ2v) is 3.38. The molecule has 3 heteroatoms. The van der Waals surface area contributed by atoms with Crippen LogP contribution >= 0.6 is 0 Å². The van der Waals surface area contributed by atoms with Crippen molar-refractivity contribution in [2.45, 2.75) is 25.8 Å². The quantitative estimate of drug-likeness (QED) is 0.452. The number of rotatable bonds is 2. The van der Waals surface area contributed by atoms with Crippen molar-refractivity contribution >= 4 is 0 Å². The van der Waals surface area contributed by atoms with E-state index < -0.39 is 0 Å². The van der Waals surface area contributed by atoms with Gasteiger partial charge in [0.15, 0.2) is 6.19 Å². The Morgan fingerprint density at radius 3 is 2.50 bits per heavy atom. The minimum Gasteiger partial charge on any atom is -0.311 e. The summed E-state index contributed by atoms with van der Waals surface area (Å²) in [6.45, 7) is 5.62. The first kappa shape index (κ1) is 9.34. The van der Waals surface area contributed by atoms with E-state index in [1.807, 2.05) is 7.05 Å². The van der Waals surface area contributed by atoms with Gasteiger partial charge in [-0.25, -0.2) is 0 Å². The standard InChI is InChI=1S/C9H17N3/c1-3-12-6-4-9(5-7-12)11(2)8-10/h9H,3-7H2,1-2H3. The zero-order chi connectivity index (χ0) is 8.97. The van der Waals surface area contributed by atoms with Gasteiger partial charge in [-0.15, -0.1) is 0 Å². The van der Waals surface area contributed by atoms with Gasteiger partial charge in [-0.3, -0.25) is 0 Å². The van der Waals surface area contributed by atoms with Gasteiger partial charge in [-0.05, 0) is 19.4 Å². The fourth-order valence-corrected chi connectivity index (χ4v) is 1.70. The van der Waals surface area contributed by atoms with Crippen LogP contribution in [0.1, 0.15) is 19.8 Å². The van der Waals surface area contributed by atoms with E-state index in [2.05, 4.69) is 18.0 Å². The Kier molecular flexibility index (Phi) is 3.36. The lowest BCUT2D eigenvalue weighted by Crippen LogP contribution is -2.41. The van der Waals surface area contributed by atoms with Crippen LogP contribution in [-0.2, 0) is 0 Å². The first-order valence-corrected chi connectivity index (χ1v) is 4.62. The summed E-state index contributed by atoms with van der Waals surface area (Å²) < 4.78 is 0. The van der Waals surface area contributed by atoms with Crippen LogP contribution in [0.4, 0.5) is 0 Å². The van der Waals surface area contributed by atoms with Crippen molar-refractivity contribution in [3.05, 3.63) is 0 Å². The van der Waals surface area contributed by atoms with Gasteiger partial charge in [0.1, 0.15) is 0 Å². The first-order valence-electron chi connectivity index (χ1n) is 4.62. The molecule has 1 rings (SSSR count). The maximum atomic E-state index is 8.67. The van der Waals surface area contributed by atoms with E-state index in [4.69, 9.17) is 5.26 Å². The van der Waals surface area contributed by atoms with Crippen LogP contribution in [0.15, 0.2) is 0 Å². The van der Waals surface area contributed by atoms with Crippen molar-refractivity contribution < 1.29 is 0 Å². The molecule has 1 aliphatic heterocycles. The summed E-state index contributed by atoms with van der Waals surface area (Å²) in [5.41, 5.74) is 0. The zero-order valence-corrected chi connectivity index (χ0v) is 7.95. The van der Waals surface area contributed by atoms with Crippen LogP contribution < -0.4 is 0 Å². The minimum absolute atomic E-state index is 0.484. The fourth-order valence-electron chi connectivity index (χ4n) is 1.70. The summed E-state index contributed by atoms with van der Waals surface area (Å²) in [6, 6.07) is 0.484. The van der Waals surface area contributed by atoms with Crippen LogP contribution in [0.2, 0.25) is 0 Å². The molecule has 0 aromatic carbocycles. The fraction of sp³-hybridized carbons (Fsp3) is 0.889. The molecule has 12 heavy (non-hydrogen) atoms. The molecule has 0 aliphatic carbocycles. The van der Waals surface area contributed by atoms with Crippen LogP contribution in [0.3, 0.4) is 0 Å². The zero-order valence-electron chi connectivity index (χ0n) is 7.95. The van der Waals surface area contributed by atoms with Crippen LogP contribution in [0, 0.1) is 11.5 Å². The number of nitrogens with zero attached hydrogens (tertiary/aromatic N) is 3. The minimum atomic E-state index is 0.484. The van der Waals surface area contributed by atoms with E-state index in [0.717, 1.165) is 32.5 Å². The molecule has 68 valence electrons. The predicted molar refractivity (Wildman–Crippen MR) is 48.5 cm³/mol. The van der Waals surface area contributed by atoms with Gasteiger partial charge in [-0.1, -0.05) is 6.92 Å². The molecule has 0 bridgehead atoms. The molecule has 0 amide bonds. The van der Waals surface area contributed by atoms with Crippen molar-refractivity contribution in [3.8, 4) is 6.19 Å². The van der Waals surface area contributed by atoms with E-state index in [0.29, 0.717) is 6.04 Å². The van der Waals surface area contributed by atoms with Crippen molar-refractivity contribution in [1.29, 1.82) is 5.26 Å². The van der Waals surface area contributed by atoms with E-state index >= 15 is 0 Å². The second kappa shape index (κ2) is 4.32. The molecule has 0 saturated carbocycles. The van der Waals surface area contributed by atoms with Gasteiger partial charge in [0.05, 0.1) is 0 Å². The van der Waals surface area contributed by atoms with Crippen LogP contribution in [0.5, 0.6) is 0 Å². The predicted octanol–water partition coefficient (Wildman–Crippen LogP) is 0.884. The average Bonchev–Trinajstić information content (AvgIpc) is 2.17. The summed E-state index contributed by atoms with van der Waals surface area (Å²) in [5.74, 6) is 0. The van der Waals surface area contributed by atoms with Gasteiger partial charge in [0.2, 0.25) is 0 Å². The maximum Gasteiger partial charge on any atom is 0.179 e. The van der Waals surface area contributed by atoms with E-state index in [1.54, 1.807) is 4.90 Å². The highest BCUT2D eigenvalue weighted by Crippen LogP contribution is 2.13. The molecule has 0 atom stereocenters. The monoisotopic (exact) mass is 167 g/mol. The van der Waals surface area contributed by atoms with Gasteiger partial charge >= 0.3 is 0 Å². The molecule has 0 aromatic heterocycles. The van der Waals surface area contributed by atoms with Crippen molar-refractivity contribution in [2.75, 3.05) is 26.7 Å². The normalized spacial score (nSPS) is 20.4. The Hall–Kier alpha value is -0.750. The molecule has 3 nitrogen and oxygen atoms in total. The van der Waals surface area contributed by atoms with Crippen molar-refractivity contribution in [2.24, 2.45) is 0 Å². The largest absolute Gasteiger partial charge is 0.311 e. The summed E-state index contributed by atoms with van der Waals surface area (Å²) in [4.78, 5) is 4.22. The lowest BCUT2D eigenvalue weighted by atomic mass is 10.0. The number of hydrogen-bond donors (Lipinski definition) is 0. The van der Waals surface area contributed by atoms with Gasteiger partial charge in [0, 0.05) is 26.2 Å². The molecule has 1 fully saturated rings. The van der Waals surface area contributed by atoms with E-state index in [9.17, 15) is 0 Å². The Bertz CT molecular complexity index is 165. The molecule has 0 spiro atoms. The Morgan fingerprint density at radius 2 is 2.08 bits per heavy atom. The maximum absolute atomic E-state index is 8.67. The number of nitriles is 1. The molecular formula is C9H17N3. The lowest BCUT2D eigenvalue weighted by Gasteiger charge is -2.33. The van der Waals surface area contributed by atoms with E-state index in [-0.39, 0.29) is 0 Å². The molecule has 0 radical (unpaired) electrons. The third-order valence-corrected chi connectivity index (χ3v) is 2.71. The Balaban J connectivity index is 2.31. The van der Waals surface area contributed by atoms with Crippen molar-refractivity contribution in [3.63, 3.8) is 0 Å². The molecule has 1 saturated heterocycles. The summed E-state index contributed by atoms with van der Waals surface area (Å²) in [5, 5.41) is 8.67. The first-order chi connectivity index (χ1) is 5.77. The molecular weight excluding hydrogens is 150 g/mol. The highest BCUT2D eigenvalue weighted by molar-refractivity contribution is 4.83. The van der Waals surface area contributed by atoms with Crippen LogP contribution in [0.25, 0.3) is 0 Å². The SMILES string of the molecule is CCN1CCC(N(C)C#N)CC1. The molecule has 0 N–H and O–H groups in total.